The molecule has 1 fully saturated rings. The minimum absolute atomic E-state index is 0.192. The summed E-state index contributed by atoms with van der Waals surface area (Å²) >= 11 is 3.01. The zero-order chi connectivity index (χ0) is 17.1. The van der Waals surface area contributed by atoms with E-state index >= 15 is 0 Å². The van der Waals surface area contributed by atoms with E-state index in [0.29, 0.717) is 17.6 Å². The normalized spacial score (nSPS) is 21.0. The molecule has 2 aromatic rings. The molecule has 0 N–H and O–H groups in total. The molecule has 2 heterocycles. The predicted molar refractivity (Wildman–Crippen MR) is 97.8 cm³/mol. The maximum absolute atomic E-state index is 13.0. The summed E-state index contributed by atoms with van der Waals surface area (Å²) in [7, 11) is 0. The molecular formula is C18H21FN2OS2. The molecule has 1 aromatic heterocycles. The van der Waals surface area contributed by atoms with Gasteiger partial charge in [0.1, 0.15) is 5.82 Å². The summed E-state index contributed by atoms with van der Waals surface area (Å²) in [5, 5.41) is 1.95. The van der Waals surface area contributed by atoms with Crippen LogP contribution in [0.5, 0.6) is 0 Å². The summed E-state index contributed by atoms with van der Waals surface area (Å²) in [4.78, 5) is 18.9. The first-order valence-corrected chi connectivity index (χ1v) is 10.00. The van der Waals surface area contributed by atoms with Gasteiger partial charge in [-0.2, -0.15) is 0 Å². The summed E-state index contributed by atoms with van der Waals surface area (Å²) in [5.41, 5.74) is 1.72. The number of rotatable bonds is 4. The molecule has 0 bridgehead atoms. The smallest absolute Gasteiger partial charge is 0.233 e. The Morgan fingerprint density at radius 3 is 2.62 bits per heavy atom. The first-order chi connectivity index (χ1) is 11.5. The lowest BCUT2D eigenvalue weighted by Crippen LogP contribution is -2.43. The zero-order valence-corrected chi connectivity index (χ0v) is 15.5. The van der Waals surface area contributed by atoms with Gasteiger partial charge in [-0.05, 0) is 42.5 Å². The number of carbonyl (C=O) groups is 1. The fourth-order valence-electron chi connectivity index (χ4n) is 3.16. The SMILES string of the molecule is C[C@@H]1C[C@@H](C)CN(C(=O)CSc2nc(-c3ccc(F)cc3)cs2)C1. The molecule has 1 saturated heterocycles. The highest BCUT2D eigenvalue weighted by atomic mass is 32.2. The van der Waals surface area contributed by atoms with E-state index in [4.69, 9.17) is 0 Å². The van der Waals surface area contributed by atoms with Crippen molar-refractivity contribution >= 4 is 29.0 Å². The highest BCUT2D eigenvalue weighted by Crippen LogP contribution is 2.29. The number of aromatic nitrogens is 1. The molecule has 2 atom stereocenters. The maximum Gasteiger partial charge on any atom is 0.233 e. The minimum Gasteiger partial charge on any atom is -0.341 e. The molecule has 1 aliphatic rings. The highest BCUT2D eigenvalue weighted by molar-refractivity contribution is 8.01. The number of nitrogens with zero attached hydrogens (tertiary/aromatic N) is 2. The molecule has 1 aliphatic heterocycles. The third kappa shape index (κ3) is 4.36. The van der Waals surface area contributed by atoms with E-state index in [9.17, 15) is 9.18 Å². The number of thioether (sulfide) groups is 1. The third-order valence-electron chi connectivity index (χ3n) is 4.16. The quantitative estimate of drug-likeness (QED) is 0.747. The molecule has 1 aromatic carbocycles. The molecule has 3 nitrogen and oxygen atoms in total. The molecule has 0 radical (unpaired) electrons. The van der Waals surface area contributed by atoms with Crippen LogP contribution in [0.3, 0.4) is 0 Å². The van der Waals surface area contributed by atoms with Crippen LogP contribution in [0.2, 0.25) is 0 Å². The predicted octanol–water partition coefficient (Wildman–Crippen LogP) is 4.55. The number of thiazole rings is 1. The fraction of sp³-hybridized carbons (Fsp3) is 0.444. The van der Waals surface area contributed by atoms with E-state index in [0.717, 1.165) is 28.7 Å². The number of hydrogen-bond acceptors (Lipinski definition) is 4. The van der Waals surface area contributed by atoms with E-state index < -0.39 is 0 Å². The average Bonchev–Trinajstić information content (AvgIpc) is 3.01. The molecule has 6 heteroatoms. The summed E-state index contributed by atoms with van der Waals surface area (Å²) in [6.45, 7) is 6.14. The van der Waals surface area contributed by atoms with Crippen molar-refractivity contribution in [2.75, 3.05) is 18.8 Å². The summed E-state index contributed by atoms with van der Waals surface area (Å²) in [6, 6.07) is 6.31. The van der Waals surface area contributed by atoms with Crippen LogP contribution in [0, 0.1) is 17.7 Å². The first-order valence-electron chi connectivity index (χ1n) is 8.13. The highest BCUT2D eigenvalue weighted by Gasteiger charge is 2.25. The van der Waals surface area contributed by atoms with Crippen molar-refractivity contribution in [3.8, 4) is 11.3 Å². The first kappa shape index (κ1) is 17.4. The van der Waals surface area contributed by atoms with Gasteiger partial charge >= 0.3 is 0 Å². The average molecular weight is 365 g/mol. The van der Waals surface area contributed by atoms with Gasteiger partial charge in [0.25, 0.3) is 0 Å². The number of halogens is 1. The Hall–Kier alpha value is -1.40. The molecule has 0 unspecified atom stereocenters. The Balaban J connectivity index is 1.57. The van der Waals surface area contributed by atoms with Crippen molar-refractivity contribution in [1.82, 2.24) is 9.88 Å². The standard InChI is InChI=1S/C18H21FN2OS2/c1-12-7-13(2)9-21(8-12)17(22)11-24-18-20-16(10-23-18)14-3-5-15(19)6-4-14/h3-6,10,12-13H,7-9,11H2,1-2H3/t12-,13-/m1/s1. The monoisotopic (exact) mass is 364 g/mol. The minimum atomic E-state index is -0.251. The number of carbonyl (C=O) groups excluding carboxylic acids is 1. The summed E-state index contributed by atoms with van der Waals surface area (Å²) in [6.07, 6.45) is 1.20. The second-order valence-corrected chi connectivity index (χ2v) is 8.62. The Morgan fingerprint density at radius 2 is 1.96 bits per heavy atom. The van der Waals surface area contributed by atoms with Crippen LogP contribution >= 0.6 is 23.1 Å². The third-order valence-corrected chi connectivity index (χ3v) is 6.17. The molecular weight excluding hydrogens is 343 g/mol. The van der Waals surface area contributed by atoms with Crippen LogP contribution in [0.4, 0.5) is 4.39 Å². The van der Waals surface area contributed by atoms with Gasteiger partial charge in [-0.25, -0.2) is 9.37 Å². The topological polar surface area (TPSA) is 33.2 Å². The van der Waals surface area contributed by atoms with Crippen molar-refractivity contribution in [3.63, 3.8) is 0 Å². The summed E-state index contributed by atoms with van der Waals surface area (Å²) in [5.74, 6) is 1.52. The van der Waals surface area contributed by atoms with Crippen LogP contribution in [0.1, 0.15) is 20.3 Å². The number of piperidine rings is 1. The lowest BCUT2D eigenvalue weighted by molar-refractivity contribution is -0.130. The van der Waals surface area contributed by atoms with Crippen molar-refractivity contribution in [3.05, 3.63) is 35.5 Å². The number of benzene rings is 1. The molecule has 3 rings (SSSR count). The lowest BCUT2D eigenvalue weighted by Gasteiger charge is -2.34. The molecule has 24 heavy (non-hydrogen) atoms. The van der Waals surface area contributed by atoms with E-state index in [-0.39, 0.29) is 11.7 Å². The zero-order valence-electron chi connectivity index (χ0n) is 13.9. The fourth-order valence-corrected chi connectivity index (χ4v) is 4.90. The Kier molecular flexibility index (Phi) is 5.56. The van der Waals surface area contributed by atoms with E-state index in [1.54, 1.807) is 12.1 Å². The van der Waals surface area contributed by atoms with Crippen LogP contribution in [-0.2, 0) is 4.79 Å². The van der Waals surface area contributed by atoms with Crippen molar-refractivity contribution < 1.29 is 9.18 Å². The van der Waals surface area contributed by atoms with Gasteiger partial charge in [-0.3, -0.25) is 4.79 Å². The second-order valence-electron chi connectivity index (χ2n) is 6.54. The van der Waals surface area contributed by atoms with Crippen molar-refractivity contribution in [2.45, 2.75) is 24.6 Å². The van der Waals surface area contributed by atoms with Gasteiger partial charge in [0.2, 0.25) is 5.91 Å². The number of likely N-dealkylation sites (tertiary alicyclic amines) is 1. The summed E-state index contributed by atoms with van der Waals surface area (Å²) < 4.78 is 13.9. The maximum atomic E-state index is 13.0. The molecule has 0 aliphatic carbocycles. The van der Waals surface area contributed by atoms with Crippen molar-refractivity contribution in [2.24, 2.45) is 11.8 Å². The van der Waals surface area contributed by atoms with Gasteiger partial charge < -0.3 is 4.90 Å². The second kappa shape index (κ2) is 7.66. The Labute approximate surface area is 150 Å². The Bertz CT molecular complexity index is 691. The van der Waals surface area contributed by atoms with E-state index in [1.165, 1.54) is 41.7 Å². The largest absolute Gasteiger partial charge is 0.341 e. The molecule has 0 saturated carbocycles. The molecule has 1 amide bonds. The van der Waals surface area contributed by atoms with Gasteiger partial charge in [0, 0.05) is 24.0 Å². The van der Waals surface area contributed by atoms with Gasteiger partial charge in [0.05, 0.1) is 11.4 Å². The Morgan fingerprint density at radius 1 is 1.29 bits per heavy atom. The number of amides is 1. The van der Waals surface area contributed by atoms with Crippen molar-refractivity contribution in [1.29, 1.82) is 0 Å². The van der Waals surface area contributed by atoms with Crippen LogP contribution < -0.4 is 0 Å². The van der Waals surface area contributed by atoms with Crippen LogP contribution in [-0.4, -0.2) is 34.6 Å². The van der Waals surface area contributed by atoms with Gasteiger partial charge in [-0.15, -0.1) is 11.3 Å². The molecule has 128 valence electrons. The van der Waals surface area contributed by atoms with Gasteiger partial charge in [0.15, 0.2) is 4.34 Å². The van der Waals surface area contributed by atoms with E-state index in [2.05, 4.69) is 18.8 Å². The lowest BCUT2D eigenvalue weighted by atomic mass is 9.92. The van der Waals surface area contributed by atoms with Crippen LogP contribution in [0.15, 0.2) is 34.0 Å². The number of hydrogen-bond donors (Lipinski definition) is 0. The van der Waals surface area contributed by atoms with Crippen LogP contribution in [0.25, 0.3) is 11.3 Å². The van der Waals surface area contributed by atoms with E-state index in [1.807, 2.05) is 10.3 Å². The molecule has 0 spiro atoms. The van der Waals surface area contributed by atoms with Gasteiger partial charge in [-0.1, -0.05) is 25.6 Å².